The molecule has 9 nitrogen and oxygen atoms in total. The molecular formula is C16H11ClN5O4-. The number of nitro groups is 1. The first-order valence-corrected chi connectivity index (χ1v) is 7.70. The zero-order valence-electron chi connectivity index (χ0n) is 13.1. The summed E-state index contributed by atoms with van der Waals surface area (Å²) in [7, 11) is 0. The van der Waals surface area contributed by atoms with E-state index in [0.717, 1.165) is 23.3 Å². The fourth-order valence-electron chi connectivity index (χ4n) is 2.33. The summed E-state index contributed by atoms with van der Waals surface area (Å²) in [6.45, 7) is -0.0300. The van der Waals surface area contributed by atoms with Gasteiger partial charge in [0.2, 0.25) is 0 Å². The van der Waals surface area contributed by atoms with Gasteiger partial charge >= 0.3 is 0 Å². The van der Waals surface area contributed by atoms with Crippen molar-refractivity contribution < 1.29 is 14.8 Å². The Labute approximate surface area is 151 Å². The molecule has 0 aliphatic carbocycles. The Bertz CT molecular complexity index is 1030. The van der Waals surface area contributed by atoms with Crippen molar-refractivity contribution in [2.24, 2.45) is 5.10 Å². The maximum Gasteiger partial charge on any atom is 0.263 e. The molecule has 1 amide bonds. The Morgan fingerprint density at radius 1 is 1.38 bits per heavy atom. The summed E-state index contributed by atoms with van der Waals surface area (Å²) < 4.78 is 1.64. The van der Waals surface area contributed by atoms with E-state index in [1.54, 1.807) is 4.57 Å². The standard InChI is InChI=1S/C16H12ClN5O4/c17-11-5-10(16(24)14(6-11)22(25)26)7-19-20-15(23)8-21-9-18-12-3-1-2-4-13(12)21/h1-7,9,24H,8H2,(H,20,23)/p-1/b19-7-. The van der Waals surface area contributed by atoms with Gasteiger partial charge in [0.1, 0.15) is 6.54 Å². The number of hydrazone groups is 1. The molecule has 0 bridgehead atoms. The minimum atomic E-state index is -0.835. The number of aromatic nitrogens is 2. The highest BCUT2D eigenvalue weighted by molar-refractivity contribution is 6.31. The second-order valence-electron chi connectivity index (χ2n) is 5.25. The van der Waals surface area contributed by atoms with Crippen LogP contribution in [0.3, 0.4) is 0 Å². The van der Waals surface area contributed by atoms with Crippen LogP contribution in [0, 0.1) is 10.1 Å². The first-order valence-electron chi connectivity index (χ1n) is 7.32. The molecule has 0 spiro atoms. The summed E-state index contributed by atoms with van der Waals surface area (Å²) in [6.07, 6.45) is 2.55. The number of para-hydroxylation sites is 2. The zero-order valence-corrected chi connectivity index (χ0v) is 13.9. The molecule has 1 N–H and O–H groups in total. The predicted molar refractivity (Wildman–Crippen MR) is 93.0 cm³/mol. The number of amides is 1. The molecule has 0 saturated carbocycles. The van der Waals surface area contributed by atoms with Gasteiger partial charge in [-0.15, -0.1) is 0 Å². The highest BCUT2D eigenvalue weighted by Crippen LogP contribution is 2.29. The number of hydrogen-bond donors (Lipinski definition) is 1. The molecule has 3 rings (SSSR count). The largest absolute Gasteiger partial charge is 0.867 e. The van der Waals surface area contributed by atoms with Crippen molar-refractivity contribution >= 4 is 40.4 Å². The maximum absolute atomic E-state index is 12.0. The monoisotopic (exact) mass is 372 g/mol. The second kappa shape index (κ2) is 7.19. The van der Waals surface area contributed by atoms with E-state index >= 15 is 0 Å². The maximum atomic E-state index is 12.0. The highest BCUT2D eigenvalue weighted by Gasteiger charge is 2.11. The van der Waals surface area contributed by atoms with Crippen molar-refractivity contribution in [1.29, 1.82) is 0 Å². The molecule has 0 fully saturated rings. The number of fused-ring (bicyclic) bond motifs is 1. The molecule has 3 aromatic rings. The van der Waals surface area contributed by atoms with Crippen molar-refractivity contribution in [2.45, 2.75) is 6.54 Å². The summed E-state index contributed by atoms with van der Waals surface area (Å²) in [4.78, 5) is 26.1. The molecule has 0 aliphatic heterocycles. The number of halogens is 1. The number of nitrogens with zero attached hydrogens (tertiary/aromatic N) is 4. The van der Waals surface area contributed by atoms with Gasteiger partial charge in [0.05, 0.1) is 28.5 Å². The molecule has 0 aliphatic rings. The van der Waals surface area contributed by atoms with Gasteiger partial charge in [0.15, 0.2) is 0 Å². The van der Waals surface area contributed by atoms with Gasteiger partial charge in [0, 0.05) is 11.1 Å². The molecule has 26 heavy (non-hydrogen) atoms. The van der Waals surface area contributed by atoms with Crippen molar-refractivity contribution in [3.8, 4) is 5.75 Å². The lowest BCUT2D eigenvalue weighted by atomic mass is 10.2. The summed E-state index contributed by atoms with van der Waals surface area (Å²) in [6, 6.07) is 9.52. The van der Waals surface area contributed by atoms with Crippen LogP contribution in [0.25, 0.3) is 11.0 Å². The minimum Gasteiger partial charge on any atom is -0.867 e. The van der Waals surface area contributed by atoms with Crippen LogP contribution in [0.5, 0.6) is 5.75 Å². The fraction of sp³-hybridized carbons (Fsp3) is 0.0625. The number of carbonyl (C=O) groups is 1. The van der Waals surface area contributed by atoms with E-state index in [-0.39, 0.29) is 17.1 Å². The van der Waals surface area contributed by atoms with Crippen LogP contribution >= 0.6 is 11.6 Å². The van der Waals surface area contributed by atoms with Gasteiger partial charge in [-0.25, -0.2) is 10.4 Å². The minimum absolute atomic E-state index is 0.0222. The van der Waals surface area contributed by atoms with Crippen LogP contribution in [-0.4, -0.2) is 26.6 Å². The molecule has 2 aromatic carbocycles. The third-order valence-electron chi connectivity index (χ3n) is 3.49. The fourth-order valence-corrected chi connectivity index (χ4v) is 2.55. The van der Waals surface area contributed by atoms with Gasteiger partial charge in [-0.2, -0.15) is 5.10 Å². The van der Waals surface area contributed by atoms with Crippen LogP contribution in [0.1, 0.15) is 5.56 Å². The Kier molecular flexibility index (Phi) is 4.81. The molecule has 0 unspecified atom stereocenters. The van der Waals surface area contributed by atoms with Crippen molar-refractivity contribution in [3.63, 3.8) is 0 Å². The predicted octanol–water partition coefficient (Wildman–Crippen LogP) is 1.82. The Hall–Kier alpha value is -3.46. The second-order valence-corrected chi connectivity index (χ2v) is 5.69. The molecule has 0 atom stereocenters. The SMILES string of the molecule is O=C(Cn1cnc2ccccc21)N/N=C\c1cc(Cl)cc([N+](=O)[O-])c1[O-]. The lowest BCUT2D eigenvalue weighted by Crippen LogP contribution is -2.22. The third kappa shape index (κ3) is 3.62. The normalized spacial score (nSPS) is 11.1. The van der Waals surface area contributed by atoms with E-state index in [9.17, 15) is 20.0 Å². The van der Waals surface area contributed by atoms with Crippen molar-refractivity contribution in [2.75, 3.05) is 0 Å². The van der Waals surface area contributed by atoms with Crippen LogP contribution in [0.2, 0.25) is 5.02 Å². The molecule has 1 heterocycles. The quantitative estimate of drug-likeness (QED) is 0.415. The highest BCUT2D eigenvalue weighted by atomic mass is 35.5. The summed E-state index contributed by atoms with van der Waals surface area (Å²) in [5.74, 6) is -1.29. The smallest absolute Gasteiger partial charge is 0.263 e. The number of nitrogens with one attached hydrogen (secondary N) is 1. The Morgan fingerprint density at radius 3 is 2.92 bits per heavy atom. The molecule has 132 valence electrons. The summed E-state index contributed by atoms with van der Waals surface area (Å²) in [5, 5.41) is 26.4. The number of hydrogen-bond acceptors (Lipinski definition) is 6. The van der Waals surface area contributed by atoms with Crippen LogP contribution < -0.4 is 10.5 Å². The van der Waals surface area contributed by atoms with Crippen molar-refractivity contribution in [1.82, 2.24) is 15.0 Å². The van der Waals surface area contributed by atoms with E-state index in [2.05, 4.69) is 15.5 Å². The number of carbonyl (C=O) groups excluding carboxylic acids is 1. The first kappa shape index (κ1) is 17.4. The Balaban J connectivity index is 1.71. The van der Waals surface area contributed by atoms with E-state index in [0.29, 0.717) is 0 Å². The Morgan fingerprint density at radius 2 is 2.15 bits per heavy atom. The first-order chi connectivity index (χ1) is 12.5. The van der Waals surface area contributed by atoms with E-state index in [1.165, 1.54) is 12.4 Å². The molecule has 1 aromatic heterocycles. The number of rotatable bonds is 5. The number of benzene rings is 2. The average molecular weight is 373 g/mol. The van der Waals surface area contributed by atoms with Gasteiger partial charge in [-0.3, -0.25) is 14.9 Å². The number of nitro benzene ring substituents is 1. The topological polar surface area (TPSA) is 125 Å². The van der Waals surface area contributed by atoms with Gasteiger partial charge in [0.25, 0.3) is 11.6 Å². The lowest BCUT2D eigenvalue weighted by molar-refractivity contribution is -0.398. The van der Waals surface area contributed by atoms with Gasteiger partial charge in [-0.05, 0) is 29.5 Å². The van der Waals surface area contributed by atoms with Gasteiger partial charge < -0.3 is 9.67 Å². The summed E-state index contributed by atoms with van der Waals surface area (Å²) >= 11 is 5.76. The average Bonchev–Trinajstić information content (AvgIpc) is 3.00. The van der Waals surface area contributed by atoms with Crippen LogP contribution in [0.4, 0.5) is 5.69 Å². The van der Waals surface area contributed by atoms with Crippen molar-refractivity contribution in [3.05, 3.63) is 63.4 Å². The molecule has 0 radical (unpaired) electrons. The lowest BCUT2D eigenvalue weighted by Gasteiger charge is -2.10. The van der Waals surface area contributed by atoms with E-state index in [4.69, 9.17) is 11.6 Å². The van der Waals surface area contributed by atoms with Gasteiger partial charge in [-0.1, -0.05) is 23.7 Å². The molecule has 0 saturated heterocycles. The van der Waals surface area contributed by atoms with E-state index < -0.39 is 22.3 Å². The number of imidazole rings is 1. The molecular weight excluding hydrogens is 362 g/mol. The third-order valence-corrected chi connectivity index (χ3v) is 3.71. The summed E-state index contributed by atoms with van der Waals surface area (Å²) in [5.41, 5.74) is 3.05. The molecule has 10 heteroatoms. The van der Waals surface area contributed by atoms with Crippen LogP contribution in [0.15, 0.2) is 47.8 Å². The van der Waals surface area contributed by atoms with E-state index in [1.807, 2.05) is 24.3 Å². The van der Waals surface area contributed by atoms with Crippen LogP contribution in [-0.2, 0) is 11.3 Å². The zero-order chi connectivity index (χ0) is 18.7.